The fourth-order valence-electron chi connectivity index (χ4n) is 1.19. The van der Waals surface area contributed by atoms with E-state index in [1.165, 1.54) is 0 Å². The molecular formula is C11H12BrClN2. The Hall–Kier alpha value is -0.720. The first kappa shape index (κ1) is 12.4. The molecule has 0 radical (unpaired) electrons. The van der Waals surface area contributed by atoms with Gasteiger partial charge in [-0.05, 0) is 31.0 Å². The van der Waals surface area contributed by atoms with Gasteiger partial charge in [0.05, 0.1) is 16.8 Å². The summed E-state index contributed by atoms with van der Waals surface area (Å²) < 4.78 is 1.01. The predicted molar refractivity (Wildman–Crippen MR) is 67.1 cm³/mol. The second-order valence-electron chi connectivity index (χ2n) is 3.17. The van der Waals surface area contributed by atoms with Crippen molar-refractivity contribution in [2.24, 2.45) is 0 Å². The Labute approximate surface area is 103 Å². The fraction of sp³-hybridized carbons (Fsp3) is 0.364. The summed E-state index contributed by atoms with van der Waals surface area (Å²) in [7, 11) is 0. The molecule has 1 rings (SSSR count). The third-order valence-corrected chi connectivity index (χ3v) is 2.78. The molecule has 1 aromatic carbocycles. The molecule has 4 heteroatoms. The van der Waals surface area contributed by atoms with Crippen molar-refractivity contribution in [1.82, 2.24) is 0 Å². The van der Waals surface area contributed by atoms with E-state index >= 15 is 0 Å². The van der Waals surface area contributed by atoms with Gasteiger partial charge in [0.15, 0.2) is 0 Å². The molecule has 0 aromatic heterocycles. The van der Waals surface area contributed by atoms with Crippen LogP contribution in [0.25, 0.3) is 0 Å². The van der Waals surface area contributed by atoms with Gasteiger partial charge in [0.2, 0.25) is 0 Å². The highest BCUT2D eigenvalue weighted by molar-refractivity contribution is 9.10. The Morgan fingerprint density at radius 1 is 1.40 bits per heavy atom. The van der Waals surface area contributed by atoms with Crippen LogP contribution in [0.5, 0.6) is 0 Å². The normalized spacial score (nSPS) is 9.67. The Morgan fingerprint density at radius 3 is 2.93 bits per heavy atom. The van der Waals surface area contributed by atoms with Crippen LogP contribution in [-0.4, -0.2) is 6.54 Å². The Bertz CT molecular complexity index is 360. The predicted octanol–water partition coefficient (Wildman–Crippen LogP) is 4.21. The number of anilines is 1. The molecule has 0 spiro atoms. The van der Waals surface area contributed by atoms with Crippen LogP contribution < -0.4 is 5.32 Å². The molecule has 0 saturated heterocycles. The monoisotopic (exact) mass is 286 g/mol. The maximum Gasteiger partial charge on any atom is 0.0638 e. The number of hydrogen-bond donors (Lipinski definition) is 1. The molecule has 0 amide bonds. The van der Waals surface area contributed by atoms with Gasteiger partial charge in [-0.2, -0.15) is 5.26 Å². The third kappa shape index (κ3) is 4.55. The van der Waals surface area contributed by atoms with E-state index in [0.717, 1.165) is 34.6 Å². The highest BCUT2D eigenvalue weighted by atomic mass is 79.9. The molecule has 0 saturated carbocycles. The van der Waals surface area contributed by atoms with Crippen molar-refractivity contribution in [3.8, 4) is 6.07 Å². The van der Waals surface area contributed by atoms with E-state index in [1.807, 2.05) is 18.2 Å². The van der Waals surface area contributed by atoms with Gasteiger partial charge in [-0.25, -0.2) is 0 Å². The minimum absolute atomic E-state index is 0.619. The van der Waals surface area contributed by atoms with Gasteiger partial charge in [-0.15, -0.1) is 0 Å². The van der Waals surface area contributed by atoms with Gasteiger partial charge >= 0.3 is 0 Å². The van der Waals surface area contributed by atoms with Crippen LogP contribution in [0.1, 0.15) is 19.3 Å². The van der Waals surface area contributed by atoms with Gasteiger partial charge < -0.3 is 5.32 Å². The Balaban J connectivity index is 2.37. The lowest BCUT2D eigenvalue weighted by molar-refractivity contribution is 0.784. The average molecular weight is 288 g/mol. The second kappa shape index (κ2) is 6.71. The quantitative estimate of drug-likeness (QED) is 0.824. The summed E-state index contributed by atoms with van der Waals surface area (Å²) in [4.78, 5) is 0. The summed E-state index contributed by atoms with van der Waals surface area (Å²) in [5, 5.41) is 12.3. The maximum absolute atomic E-state index is 8.37. The highest BCUT2D eigenvalue weighted by Crippen LogP contribution is 2.25. The van der Waals surface area contributed by atoms with Crippen LogP contribution in [0.2, 0.25) is 5.02 Å². The van der Waals surface area contributed by atoms with Crippen molar-refractivity contribution in [2.75, 3.05) is 11.9 Å². The molecular weight excluding hydrogens is 275 g/mol. The highest BCUT2D eigenvalue weighted by Gasteiger charge is 1.99. The lowest BCUT2D eigenvalue weighted by Gasteiger charge is -2.07. The minimum atomic E-state index is 0.619. The molecule has 0 atom stereocenters. The molecule has 0 aliphatic heterocycles. The first-order valence-electron chi connectivity index (χ1n) is 4.80. The van der Waals surface area contributed by atoms with Crippen LogP contribution in [0.15, 0.2) is 22.7 Å². The van der Waals surface area contributed by atoms with Crippen LogP contribution in [0.4, 0.5) is 5.69 Å². The lowest BCUT2D eigenvalue weighted by atomic mass is 10.2. The number of halogens is 2. The topological polar surface area (TPSA) is 35.8 Å². The number of nitrogens with one attached hydrogen (secondary N) is 1. The average Bonchev–Trinajstić information content (AvgIpc) is 2.23. The Kier molecular flexibility index (Phi) is 5.52. The number of hydrogen-bond acceptors (Lipinski definition) is 2. The summed E-state index contributed by atoms with van der Waals surface area (Å²) in [6.45, 7) is 0.845. The van der Waals surface area contributed by atoms with E-state index in [-0.39, 0.29) is 0 Å². The summed E-state index contributed by atoms with van der Waals surface area (Å²) in [6, 6.07) is 7.83. The van der Waals surface area contributed by atoms with Crippen LogP contribution in [0, 0.1) is 11.3 Å². The molecule has 0 bridgehead atoms. The summed E-state index contributed by atoms with van der Waals surface area (Å²) >= 11 is 9.39. The van der Waals surface area contributed by atoms with E-state index in [4.69, 9.17) is 16.9 Å². The van der Waals surface area contributed by atoms with Crippen LogP contribution in [0.3, 0.4) is 0 Å². The van der Waals surface area contributed by atoms with Crippen molar-refractivity contribution in [3.05, 3.63) is 27.7 Å². The molecule has 1 N–H and O–H groups in total. The molecule has 0 aliphatic rings. The summed E-state index contributed by atoms with van der Waals surface area (Å²) in [5.74, 6) is 0. The molecule has 0 unspecified atom stereocenters. The SMILES string of the molecule is N#CCCCCNc1cc(Br)ccc1Cl. The maximum atomic E-state index is 8.37. The van der Waals surface area contributed by atoms with Gasteiger partial charge in [-0.3, -0.25) is 0 Å². The number of nitrogens with zero attached hydrogens (tertiary/aromatic N) is 1. The van der Waals surface area contributed by atoms with E-state index in [0.29, 0.717) is 6.42 Å². The molecule has 1 aromatic rings. The van der Waals surface area contributed by atoms with Crippen molar-refractivity contribution >= 4 is 33.2 Å². The third-order valence-electron chi connectivity index (χ3n) is 1.96. The van der Waals surface area contributed by atoms with Gasteiger partial charge in [-0.1, -0.05) is 27.5 Å². The van der Waals surface area contributed by atoms with E-state index in [2.05, 4.69) is 27.3 Å². The zero-order valence-corrected chi connectivity index (χ0v) is 10.6. The van der Waals surface area contributed by atoms with Gasteiger partial charge in [0.25, 0.3) is 0 Å². The number of rotatable bonds is 5. The smallest absolute Gasteiger partial charge is 0.0638 e. The summed E-state index contributed by atoms with van der Waals surface area (Å²) in [5.41, 5.74) is 0.933. The van der Waals surface area contributed by atoms with Crippen LogP contribution >= 0.6 is 27.5 Å². The zero-order chi connectivity index (χ0) is 11.1. The second-order valence-corrected chi connectivity index (χ2v) is 4.49. The van der Waals surface area contributed by atoms with Crippen molar-refractivity contribution in [2.45, 2.75) is 19.3 Å². The van der Waals surface area contributed by atoms with Crippen molar-refractivity contribution in [1.29, 1.82) is 5.26 Å². The largest absolute Gasteiger partial charge is 0.384 e. The number of nitriles is 1. The standard InChI is InChI=1S/C11H12BrClN2/c12-9-4-5-10(13)11(8-9)15-7-3-1-2-6-14/h4-5,8,15H,1-3,7H2. The Morgan fingerprint density at radius 2 is 2.20 bits per heavy atom. The molecule has 0 fully saturated rings. The first-order valence-corrected chi connectivity index (χ1v) is 5.97. The summed E-state index contributed by atoms with van der Waals surface area (Å²) in [6.07, 6.45) is 2.53. The van der Waals surface area contributed by atoms with Crippen molar-refractivity contribution in [3.63, 3.8) is 0 Å². The van der Waals surface area contributed by atoms with E-state index in [1.54, 1.807) is 0 Å². The zero-order valence-electron chi connectivity index (χ0n) is 8.26. The minimum Gasteiger partial charge on any atom is -0.384 e. The van der Waals surface area contributed by atoms with E-state index < -0.39 is 0 Å². The van der Waals surface area contributed by atoms with E-state index in [9.17, 15) is 0 Å². The fourth-order valence-corrected chi connectivity index (χ4v) is 1.73. The van der Waals surface area contributed by atoms with Crippen molar-refractivity contribution < 1.29 is 0 Å². The number of benzene rings is 1. The molecule has 0 heterocycles. The number of unbranched alkanes of at least 4 members (excludes halogenated alkanes) is 2. The molecule has 80 valence electrons. The lowest BCUT2D eigenvalue weighted by Crippen LogP contribution is -2.01. The molecule has 15 heavy (non-hydrogen) atoms. The van der Waals surface area contributed by atoms with Gasteiger partial charge in [0, 0.05) is 17.4 Å². The molecule has 2 nitrogen and oxygen atoms in total. The first-order chi connectivity index (χ1) is 7.24. The molecule has 0 aliphatic carbocycles. The van der Waals surface area contributed by atoms with Crippen LogP contribution in [-0.2, 0) is 0 Å². The van der Waals surface area contributed by atoms with Gasteiger partial charge in [0.1, 0.15) is 0 Å².